The molecule has 4 heteroatoms. The first-order chi connectivity index (χ1) is 5.81. The number of aliphatic hydroxyl groups excluding tert-OH is 1. The molecular formula is C8H9N3O. The summed E-state index contributed by atoms with van der Waals surface area (Å²) in [6.07, 6.45) is 1.59. The normalized spacial score (nSPS) is 10.8. The molecule has 2 aromatic rings. The molecule has 0 amide bonds. The van der Waals surface area contributed by atoms with Crippen molar-refractivity contribution in [2.24, 2.45) is 0 Å². The summed E-state index contributed by atoms with van der Waals surface area (Å²) in [4.78, 5) is 6.96. The number of rotatable bonds is 1. The molecule has 0 atom stereocenters. The van der Waals surface area contributed by atoms with E-state index in [1.165, 1.54) is 0 Å². The number of hydrogen-bond acceptors (Lipinski definition) is 3. The van der Waals surface area contributed by atoms with Crippen LogP contribution in [-0.4, -0.2) is 15.1 Å². The Morgan fingerprint density at radius 1 is 1.50 bits per heavy atom. The van der Waals surface area contributed by atoms with Gasteiger partial charge in [-0.3, -0.25) is 0 Å². The zero-order chi connectivity index (χ0) is 8.55. The minimum Gasteiger partial charge on any atom is -0.397 e. The van der Waals surface area contributed by atoms with E-state index in [1.807, 2.05) is 6.07 Å². The van der Waals surface area contributed by atoms with Crippen LogP contribution in [0.5, 0.6) is 0 Å². The molecule has 4 nitrogen and oxygen atoms in total. The highest BCUT2D eigenvalue weighted by molar-refractivity contribution is 5.87. The molecule has 0 aliphatic heterocycles. The smallest absolute Gasteiger partial charge is 0.111 e. The summed E-state index contributed by atoms with van der Waals surface area (Å²) >= 11 is 0. The van der Waals surface area contributed by atoms with Crippen LogP contribution in [0.4, 0.5) is 5.69 Å². The molecule has 2 rings (SSSR count). The zero-order valence-corrected chi connectivity index (χ0v) is 6.41. The molecule has 0 bridgehead atoms. The number of nitrogens with zero attached hydrogens (tertiary/aromatic N) is 1. The number of anilines is 1. The molecule has 0 aliphatic carbocycles. The molecule has 1 aromatic carbocycles. The maximum Gasteiger partial charge on any atom is 0.111 e. The number of H-pyrrole nitrogens is 1. The van der Waals surface area contributed by atoms with E-state index >= 15 is 0 Å². The largest absolute Gasteiger partial charge is 0.397 e. The monoisotopic (exact) mass is 163 g/mol. The van der Waals surface area contributed by atoms with Gasteiger partial charge in [-0.15, -0.1) is 0 Å². The lowest BCUT2D eigenvalue weighted by Crippen LogP contribution is -1.90. The van der Waals surface area contributed by atoms with E-state index in [2.05, 4.69) is 9.97 Å². The predicted octanol–water partition coefficient (Wildman–Crippen LogP) is 0.637. The van der Waals surface area contributed by atoms with Crippen LogP contribution in [-0.2, 0) is 6.61 Å². The molecule has 0 radical (unpaired) electrons. The maximum atomic E-state index is 8.87. The number of aromatic amines is 1. The van der Waals surface area contributed by atoms with Crippen molar-refractivity contribution >= 4 is 16.7 Å². The van der Waals surface area contributed by atoms with Gasteiger partial charge in [0.2, 0.25) is 0 Å². The Morgan fingerprint density at radius 3 is 3.08 bits per heavy atom. The summed E-state index contributed by atoms with van der Waals surface area (Å²) in [6.45, 7) is -0.000833. The molecule has 0 fully saturated rings. The SMILES string of the molecule is Nc1cc(CO)cc2[nH]cnc12. The fourth-order valence-corrected chi connectivity index (χ4v) is 1.23. The van der Waals surface area contributed by atoms with Crippen molar-refractivity contribution in [3.8, 4) is 0 Å². The van der Waals surface area contributed by atoms with Crippen LogP contribution in [0.15, 0.2) is 18.5 Å². The Balaban J connectivity index is 2.75. The lowest BCUT2D eigenvalue weighted by atomic mass is 10.2. The van der Waals surface area contributed by atoms with Crippen molar-refractivity contribution in [1.82, 2.24) is 9.97 Å². The van der Waals surface area contributed by atoms with Crippen LogP contribution in [0.1, 0.15) is 5.56 Å². The number of imidazole rings is 1. The van der Waals surface area contributed by atoms with E-state index in [4.69, 9.17) is 10.8 Å². The van der Waals surface area contributed by atoms with Gasteiger partial charge in [0.05, 0.1) is 24.1 Å². The van der Waals surface area contributed by atoms with E-state index in [0.717, 1.165) is 16.6 Å². The van der Waals surface area contributed by atoms with Gasteiger partial charge in [-0.05, 0) is 17.7 Å². The Bertz CT molecular complexity index is 408. The van der Waals surface area contributed by atoms with Gasteiger partial charge in [-0.25, -0.2) is 4.98 Å². The van der Waals surface area contributed by atoms with E-state index < -0.39 is 0 Å². The van der Waals surface area contributed by atoms with Crippen molar-refractivity contribution < 1.29 is 5.11 Å². The average Bonchev–Trinajstić information content (AvgIpc) is 2.52. The molecule has 0 saturated heterocycles. The summed E-state index contributed by atoms with van der Waals surface area (Å²) < 4.78 is 0. The van der Waals surface area contributed by atoms with Gasteiger partial charge in [0, 0.05) is 0 Å². The van der Waals surface area contributed by atoms with Crippen molar-refractivity contribution in [3.63, 3.8) is 0 Å². The number of fused-ring (bicyclic) bond motifs is 1. The van der Waals surface area contributed by atoms with Gasteiger partial charge in [-0.1, -0.05) is 0 Å². The molecule has 1 aromatic heterocycles. The molecule has 0 aliphatic rings. The van der Waals surface area contributed by atoms with Gasteiger partial charge in [-0.2, -0.15) is 0 Å². The van der Waals surface area contributed by atoms with Crippen LogP contribution in [0.3, 0.4) is 0 Å². The minimum absolute atomic E-state index is 0.000833. The fourth-order valence-electron chi connectivity index (χ4n) is 1.23. The lowest BCUT2D eigenvalue weighted by Gasteiger charge is -1.98. The highest BCUT2D eigenvalue weighted by atomic mass is 16.3. The van der Waals surface area contributed by atoms with Crippen LogP contribution < -0.4 is 5.73 Å². The molecule has 4 N–H and O–H groups in total. The van der Waals surface area contributed by atoms with Crippen molar-refractivity contribution in [3.05, 3.63) is 24.0 Å². The van der Waals surface area contributed by atoms with E-state index in [0.29, 0.717) is 5.69 Å². The number of hydrogen-bond donors (Lipinski definition) is 3. The van der Waals surface area contributed by atoms with Gasteiger partial charge in [0.15, 0.2) is 0 Å². The van der Waals surface area contributed by atoms with Crippen LogP contribution in [0.25, 0.3) is 11.0 Å². The summed E-state index contributed by atoms with van der Waals surface area (Å²) in [5.41, 5.74) is 8.69. The van der Waals surface area contributed by atoms with Crippen molar-refractivity contribution in [2.75, 3.05) is 5.73 Å². The minimum atomic E-state index is -0.000833. The third-order valence-electron chi connectivity index (χ3n) is 1.80. The molecular weight excluding hydrogens is 154 g/mol. The highest BCUT2D eigenvalue weighted by Gasteiger charge is 2.01. The van der Waals surface area contributed by atoms with Gasteiger partial charge in [0.1, 0.15) is 5.52 Å². The number of nitrogens with one attached hydrogen (secondary N) is 1. The quantitative estimate of drug-likeness (QED) is 0.540. The Labute approximate surface area is 69.0 Å². The van der Waals surface area contributed by atoms with E-state index in [-0.39, 0.29) is 6.61 Å². The Hall–Kier alpha value is -1.55. The number of nitrogens with two attached hydrogens (primary N) is 1. The molecule has 12 heavy (non-hydrogen) atoms. The fraction of sp³-hybridized carbons (Fsp3) is 0.125. The first-order valence-electron chi connectivity index (χ1n) is 3.63. The predicted molar refractivity (Wildman–Crippen MR) is 46.4 cm³/mol. The van der Waals surface area contributed by atoms with Gasteiger partial charge >= 0.3 is 0 Å². The first-order valence-corrected chi connectivity index (χ1v) is 3.63. The third-order valence-corrected chi connectivity index (χ3v) is 1.80. The maximum absolute atomic E-state index is 8.87. The summed E-state index contributed by atoms with van der Waals surface area (Å²) in [6, 6.07) is 3.56. The molecule has 0 unspecified atom stereocenters. The average molecular weight is 163 g/mol. The molecule has 0 saturated carbocycles. The Morgan fingerprint density at radius 2 is 2.33 bits per heavy atom. The summed E-state index contributed by atoms with van der Waals surface area (Å²) in [5, 5.41) is 8.87. The van der Waals surface area contributed by atoms with Crippen LogP contribution in [0, 0.1) is 0 Å². The Kier molecular flexibility index (Phi) is 1.48. The van der Waals surface area contributed by atoms with Crippen molar-refractivity contribution in [1.29, 1.82) is 0 Å². The zero-order valence-electron chi connectivity index (χ0n) is 6.41. The van der Waals surface area contributed by atoms with Gasteiger partial charge in [0.25, 0.3) is 0 Å². The van der Waals surface area contributed by atoms with E-state index in [1.54, 1.807) is 12.4 Å². The number of nitrogen functional groups attached to an aromatic ring is 1. The van der Waals surface area contributed by atoms with Gasteiger partial charge < -0.3 is 15.8 Å². The first kappa shape index (κ1) is 7.12. The van der Waals surface area contributed by atoms with E-state index in [9.17, 15) is 0 Å². The second-order valence-electron chi connectivity index (χ2n) is 2.64. The van der Waals surface area contributed by atoms with Crippen LogP contribution >= 0.6 is 0 Å². The van der Waals surface area contributed by atoms with Crippen LogP contribution in [0.2, 0.25) is 0 Å². The second kappa shape index (κ2) is 2.49. The number of benzene rings is 1. The molecule has 0 spiro atoms. The number of aliphatic hydroxyl groups is 1. The summed E-state index contributed by atoms with van der Waals surface area (Å²) in [5.74, 6) is 0. The lowest BCUT2D eigenvalue weighted by molar-refractivity contribution is 0.282. The molecule has 62 valence electrons. The second-order valence-corrected chi connectivity index (χ2v) is 2.64. The topological polar surface area (TPSA) is 74.9 Å². The summed E-state index contributed by atoms with van der Waals surface area (Å²) in [7, 11) is 0. The number of aromatic nitrogens is 2. The standard InChI is InChI=1S/C8H9N3O/c9-6-1-5(3-12)2-7-8(6)11-4-10-7/h1-2,4,12H,3,9H2,(H,10,11). The third kappa shape index (κ3) is 0.931. The molecule has 1 heterocycles. The van der Waals surface area contributed by atoms with Crippen molar-refractivity contribution in [2.45, 2.75) is 6.61 Å². The highest BCUT2D eigenvalue weighted by Crippen LogP contribution is 2.19.